The van der Waals surface area contributed by atoms with Crippen molar-refractivity contribution in [2.75, 3.05) is 30.0 Å². The maximum atomic E-state index is 13.7. The molecule has 4 aliphatic rings. The molecule has 4 fully saturated rings. The number of imide groups is 1. The number of aromatic nitrogens is 2. The summed E-state index contributed by atoms with van der Waals surface area (Å²) in [7, 11) is 0. The molecule has 2 N–H and O–H groups in total. The first-order chi connectivity index (χ1) is 27.0. The molecule has 4 amide bonds. The molecule has 2 unspecified atom stereocenters. The zero-order valence-corrected chi connectivity index (χ0v) is 33.1. The molecule has 3 saturated heterocycles. The minimum absolute atomic E-state index is 0.00934. The van der Waals surface area contributed by atoms with Crippen molar-refractivity contribution in [3.8, 4) is 6.07 Å². The quantitative estimate of drug-likeness (QED) is 0.181. The number of amides is 4. The number of alkyl halides is 3. The van der Waals surface area contributed by atoms with Gasteiger partial charge in [0.2, 0.25) is 17.7 Å². The molecule has 14 nitrogen and oxygen atoms in total. The Morgan fingerprint density at radius 1 is 1.02 bits per heavy atom. The number of hydrogen-bond donors (Lipinski definition) is 2. The van der Waals surface area contributed by atoms with Crippen LogP contribution in [0.25, 0.3) is 0 Å². The number of nitrogens with one attached hydrogen (secondary N) is 2. The fraction of sp³-hybridized carbons (Fsp3) is 0.590. The van der Waals surface area contributed by atoms with E-state index in [1.807, 2.05) is 4.90 Å². The largest absolute Gasteiger partial charge is 0.419 e. The smallest absolute Gasteiger partial charge is 0.376 e. The van der Waals surface area contributed by atoms with Gasteiger partial charge in [-0.2, -0.15) is 18.4 Å². The van der Waals surface area contributed by atoms with E-state index in [1.165, 1.54) is 12.3 Å². The van der Waals surface area contributed by atoms with Crippen molar-refractivity contribution >= 4 is 52.3 Å². The number of ether oxygens (including phenoxy) is 2. The van der Waals surface area contributed by atoms with Gasteiger partial charge in [-0.15, -0.1) is 0 Å². The minimum atomic E-state index is -4.83. The van der Waals surface area contributed by atoms with Crippen LogP contribution in [0.4, 0.5) is 24.5 Å². The summed E-state index contributed by atoms with van der Waals surface area (Å²) >= 11 is 5.69. The highest BCUT2D eigenvalue weighted by molar-refractivity contribution is 7.80. The van der Waals surface area contributed by atoms with Gasteiger partial charge in [0.05, 0.1) is 72.9 Å². The Morgan fingerprint density at radius 3 is 2.28 bits per heavy atom. The van der Waals surface area contributed by atoms with E-state index in [4.69, 9.17) is 27.0 Å². The number of anilines is 2. The van der Waals surface area contributed by atoms with E-state index < -0.39 is 34.8 Å². The van der Waals surface area contributed by atoms with Gasteiger partial charge in [-0.05, 0) is 103 Å². The first kappa shape index (κ1) is 42.0. The molecular weight excluding hydrogens is 766 g/mol. The van der Waals surface area contributed by atoms with Crippen molar-refractivity contribution < 1.29 is 41.8 Å². The lowest BCUT2D eigenvalue weighted by Gasteiger charge is -2.42. The Bertz CT molecular complexity index is 1900. The molecule has 4 atom stereocenters. The molecule has 1 aliphatic carbocycles. The topological polar surface area (TPSA) is 170 Å². The predicted molar refractivity (Wildman–Crippen MR) is 205 cm³/mol. The summed E-state index contributed by atoms with van der Waals surface area (Å²) in [5.41, 5.74) is -2.15. The summed E-state index contributed by atoms with van der Waals surface area (Å²) in [6.07, 6.45) is 2.68. The molecule has 306 valence electrons. The second kappa shape index (κ2) is 17.1. The standard InChI is InChI=1S/C39H47F3N8O6S/c1-22-15-28(16-23(2)48(22)21-34(52)46-24-5-11-31(44-19-24)29-10-12-33(51)47-35(29)53)56-14-13-55-27-8-6-25(7-9-27)50-37(57)49(36(54)38(50,3)4)26-17-30(39(40,41)42)32(18-43)45-20-26/h5,11,17,19-20,22-23,25,27-29H,6-10,12-16,21H2,1-4H3,(H,46,52)(H,47,51,53)/t22-,23+,25?,27?,28?,29?. The summed E-state index contributed by atoms with van der Waals surface area (Å²) in [6.45, 7) is 8.58. The van der Waals surface area contributed by atoms with Gasteiger partial charge in [0.25, 0.3) is 5.91 Å². The molecular formula is C39H47F3N8O6S. The summed E-state index contributed by atoms with van der Waals surface area (Å²) in [6, 6.07) is 5.68. The lowest BCUT2D eigenvalue weighted by atomic mass is 9.89. The fourth-order valence-electron chi connectivity index (χ4n) is 8.47. The third-order valence-electron chi connectivity index (χ3n) is 11.4. The van der Waals surface area contributed by atoms with Crippen molar-refractivity contribution in [1.82, 2.24) is 25.1 Å². The SMILES string of the molecule is C[C@@H]1CC(OCCOC2CCC(N3C(=S)N(c4cnc(C#N)c(C(F)(F)F)c4)C(=O)C3(C)C)CC2)C[C@H](C)N1CC(=O)Nc1ccc(C2CCC(=O)NC2=O)nc1. The third-order valence-corrected chi connectivity index (χ3v) is 11.8. The second-order valence-electron chi connectivity index (χ2n) is 15.7. The van der Waals surface area contributed by atoms with Crippen LogP contribution >= 0.6 is 12.2 Å². The van der Waals surface area contributed by atoms with Crippen LogP contribution in [-0.4, -0.2) is 104 Å². The van der Waals surface area contributed by atoms with Gasteiger partial charge in [-0.1, -0.05) is 0 Å². The number of piperidine rings is 2. The van der Waals surface area contributed by atoms with Crippen LogP contribution in [0.5, 0.6) is 0 Å². The Balaban J connectivity index is 0.918. The number of likely N-dealkylation sites (tertiary alicyclic amines) is 1. The first-order valence-corrected chi connectivity index (χ1v) is 19.6. The molecule has 6 rings (SSSR count). The Labute approximate surface area is 334 Å². The Hall–Kier alpha value is -4.57. The number of thiocarbonyl (C=S) groups is 1. The van der Waals surface area contributed by atoms with Gasteiger partial charge in [-0.25, -0.2) is 4.98 Å². The van der Waals surface area contributed by atoms with Crippen molar-refractivity contribution in [3.63, 3.8) is 0 Å². The average Bonchev–Trinajstić information content (AvgIpc) is 3.33. The molecule has 18 heteroatoms. The van der Waals surface area contributed by atoms with Gasteiger partial charge in [-0.3, -0.25) is 39.3 Å². The van der Waals surface area contributed by atoms with E-state index in [0.717, 1.165) is 30.0 Å². The Kier molecular flexibility index (Phi) is 12.6. The van der Waals surface area contributed by atoms with Crippen LogP contribution in [0, 0.1) is 11.3 Å². The Morgan fingerprint density at radius 2 is 1.68 bits per heavy atom. The molecule has 2 aromatic rings. The van der Waals surface area contributed by atoms with E-state index >= 15 is 0 Å². The summed E-state index contributed by atoms with van der Waals surface area (Å²) in [4.78, 5) is 63.2. The molecule has 5 heterocycles. The van der Waals surface area contributed by atoms with Crippen molar-refractivity contribution in [2.24, 2.45) is 0 Å². The molecule has 0 spiro atoms. The molecule has 0 bridgehead atoms. The number of carbonyl (C=O) groups excluding carboxylic acids is 4. The van der Waals surface area contributed by atoms with Gasteiger partial charge in [0.15, 0.2) is 10.8 Å². The molecule has 2 aromatic heterocycles. The highest BCUT2D eigenvalue weighted by Crippen LogP contribution is 2.40. The minimum Gasteiger partial charge on any atom is -0.376 e. The van der Waals surface area contributed by atoms with E-state index in [-0.39, 0.29) is 71.8 Å². The molecule has 1 saturated carbocycles. The highest BCUT2D eigenvalue weighted by atomic mass is 32.1. The maximum absolute atomic E-state index is 13.7. The van der Waals surface area contributed by atoms with Crippen LogP contribution in [0.1, 0.15) is 102 Å². The van der Waals surface area contributed by atoms with Crippen LogP contribution in [0.3, 0.4) is 0 Å². The van der Waals surface area contributed by atoms with Gasteiger partial charge < -0.3 is 19.7 Å². The summed E-state index contributed by atoms with van der Waals surface area (Å²) in [5.74, 6) is -1.78. The van der Waals surface area contributed by atoms with E-state index in [9.17, 15) is 32.3 Å². The maximum Gasteiger partial charge on any atom is 0.419 e. The number of rotatable bonds is 11. The van der Waals surface area contributed by atoms with Gasteiger partial charge >= 0.3 is 6.18 Å². The summed E-state index contributed by atoms with van der Waals surface area (Å²) < 4.78 is 53.4. The van der Waals surface area contributed by atoms with Crippen LogP contribution < -0.4 is 15.5 Å². The number of nitrogens with zero attached hydrogens (tertiary/aromatic N) is 6. The van der Waals surface area contributed by atoms with Gasteiger partial charge in [0.1, 0.15) is 11.6 Å². The van der Waals surface area contributed by atoms with Crippen molar-refractivity contribution in [2.45, 2.75) is 127 Å². The van der Waals surface area contributed by atoms with Crippen molar-refractivity contribution in [3.05, 3.63) is 47.5 Å². The van der Waals surface area contributed by atoms with E-state index in [2.05, 4.69) is 39.3 Å². The number of halogens is 3. The highest BCUT2D eigenvalue weighted by Gasteiger charge is 2.53. The lowest BCUT2D eigenvalue weighted by Crippen LogP contribution is -2.51. The molecule has 0 aromatic carbocycles. The van der Waals surface area contributed by atoms with Gasteiger partial charge in [0, 0.05) is 24.5 Å². The molecule has 3 aliphatic heterocycles. The number of carbonyl (C=O) groups is 4. The zero-order chi connectivity index (χ0) is 41.2. The van der Waals surface area contributed by atoms with E-state index in [0.29, 0.717) is 56.7 Å². The number of pyridine rings is 2. The number of hydrogen-bond acceptors (Lipinski definition) is 11. The number of nitriles is 1. The normalized spacial score (nSPS) is 27.0. The van der Waals surface area contributed by atoms with Crippen LogP contribution in [0.2, 0.25) is 0 Å². The molecule has 0 radical (unpaired) electrons. The van der Waals surface area contributed by atoms with E-state index in [1.54, 1.807) is 26.0 Å². The zero-order valence-electron chi connectivity index (χ0n) is 32.3. The molecule has 57 heavy (non-hydrogen) atoms. The summed E-state index contributed by atoms with van der Waals surface area (Å²) in [5, 5.41) is 14.5. The van der Waals surface area contributed by atoms with Crippen LogP contribution in [-0.2, 0) is 34.8 Å². The first-order valence-electron chi connectivity index (χ1n) is 19.2. The van der Waals surface area contributed by atoms with Crippen molar-refractivity contribution in [1.29, 1.82) is 5.26 Å². The monoisotopic (exact) mass is 812 g/mol. The fourth-order valence-corrected chi connectivity index (χ4v) is 9.03. The second-order valence-corrected chi connectivity index (χ2v) is 16.1. The lowest BCUT2D eigenvalue weighted by molar-refractivity contribution is -0.138. The predicted octanol–water partition coefficient (Wildman–Crippen LogP) is 4.82. The van der Waals surface area contributed by atoms with Crippen LogP contribution in [0.15, 0.2) is 30.6 Å². The third kappa shape index (κ3) is 9.27. The average molecular weight is 813 g/mol.